The first-order valence-electron chi connectivity index (χ1n) is 13.7. The number of aryl methyl sites for hydroxylation is 2. The van der Waals surface area contributed by atoms with Crippen LogP contribution in [0.4, 0.5) is 5.69 Å². The largest absolute Gasteiger partial charge is 0.497 e. The van der Waals surface area contributed by atoms with Crippen LogP contribution in [0.25, 0.3) is 0 Å². The molecular weight excluding hydrogens is 538 g/mol. The van der Waals surface area contributed by atoms with Crippen molar-refractivity contribution in [3.8, 4) is 5.75 Å². The average Bonchev–Trinajstić information content (AvgIpc) is 2.90. The maximum atomic E-state index is 14.2. The van der Waals surface area contributed by atoms with Crippen LogP contribution in [0.1, 0.15) is 50.8 Å². The SMILES string of the molecule is CC[C@@H](C(=O)NC(C)(C)C)N(Cc1ccc(OC)cc1)C(=O)CN(c1cc(C)cc(C)c1)S(=O)(=O)c1ccccc1. The molecule has 1 atom stereocenters. The van der Waals surface area contributed by atoms with Crippen LogP contribution in [-0.4, -0.2) is 50.4 Å². The number of sulfonamides is 1. The lowest BCUT2D eigenvalue weighted by Crippen LogP contribution is -2.55. The van der Waals surface area contributed by atoms with E-state index in [4.69, 9.17) is 4.74 Å². The van der Waals surface area contributed by atoms with Gasteiger partial charge in [0.25, 0.3) is 10.0 Å². The molecule has 0 heterocycles. The van der Waals surface area contributed by atoms with E-state index in [1.54, 1.807) is 49.6 Å². The predicted molar refractivity (Wildman–Crippen MR) is 162 cm³/mol. The number of ether oxygens (including phenoxy) is 1. The zero-order valence-corrected chi connectivity index (χ0v) is 25.8. The molecule has 0 fully saturated rings. The number of rotatable bonds is 11. The molecule has 41 heavy (non-hydrogen) atoms. The van der Waals surface area contributed by atoms with E-state index in [2.05, 4.69) is 5.32 Å². The van der Waals surface area contributed by atoms with E-state index < -0.39 is 34.1 Å². The summed E-state index contributed by atoms with van der Waals surface area (Å²) in [5, 5.41) is 2.98. The minimum atomic E-state index is -4.11. The molecule has 9 heteroatoms. The van der Waals surface area contributed by atoms with E-state index in [0.717, 1.165) is 21.0 Å². The number of carbonyl (C=O) groups excluding carboxylic acids is 2. The summed E-state index contributed by atoms with van der Waals surface area (Å²) in [7, 11) is -2.54. The second kappa shape index (κ2) is 13.2. The molecule has 0 spiro atoms. The highest BCUT2D eigenvalue weighted by atomic mass is 32.2. The molecule has 8 nitrogen and oxygen atoms in total. The topological polar surface area (TPSA) is 96.0 Å². The van der Waals surface area contributed by atoms with Gasteiger partial charge in [-0.15, -0.1) is 0 Å². The van der Waals surface area contributed by atoms with Crippen molar-refractivity contribution < 1.29 is 22.7 Å². The number of nitrogens with one attached hydrogen (secondary N) is 1. The van der Waals surface area contributed by atoms with E-state index in [-0.39, 0.29) is 17.3 Å². The first-order chi connectivity index (χ1) is 19.2. The van der Waals surface area contributed by atoms with Crippen LogP contribution in [0.3, 0.4) is 0 Å². The monoisotopic (exact) mass is 579 g/mol. The molecule has 2 amide bonds. The van der Waals surface area contributed by atoms with Gasteiger partial charge in [-0.1, -0.05) is 43.3 Å². The summed E-state index contributed by atoms with van der Waals surface area (Å²) in [5.41, 5.74) is 2.39. The fraction of sp³-hybridized carbons (Fsp3) is 0.375. The molecule has 3 rings (SSSR count). The number of methoxy groups -OCH3 is 1. The van der Waals surface area contributed by atoms with Gasteiger partial charge >= 0.3 is 0 Å². The van der Waals surface area contributed by atoms with Crippen molar-refractivity contribution in [2.24, 2.45) is 0 Å². The Kier molecular flexibility index (Phi) is 10.2. The van der Waals surface area contributed by atoms with Gasteiger partial charge in [0.05, 0.1) is 17.7 Å². The minimum absolute atomic E-state index is 0.0752. The molecule has 0 radical (unpaired) electrons. The third-order valence-electron chi connectivity index (χ3n) is 6.50. The Morgan fingerprint density at radius 3 is 2.02 bits per heavy atom. The lowest BCUT2D eigenvalue weighted by Gasteiger charge is -2.35. The normalized spacial score (nSPS) is 12.4. The molecule has 0 aliphatic rings. The van der Waals surface area contributed by atoms with Gasteiger partial charge in [0.1, 0.15) is 18.3 Å². The average molecular weight is 580 g/mol. The molecule has 0 saturated heterocycles. The van der Waals surface area contributed by atoms with E-state index in [1.165, 1.54) is 17.0 Å². The highest BCUT2D eigenvalue weighted by molar-refractivity contribution is 7.92. The van der Waals surface area contributed by atoms with Crippen molar-refractivity contribution in [2.75, 3.05) is 18.0 Å². The number of benzene rings is 3. The zero-order chi connectivity index (χ0) is 30.4. The second-order valence-electron chi connectivity index (χ2n) is 11.2. The van der Waals surface area contributed by atoms with Gasteiger partial charge in [0, 0.05) is 12.1 Å². The first kappa shape index (κ1) is 31.7. The maximum absolute atomic E-state index is 14.2. The number of hydrogen-bond donors (Lipinski definition) is 1. The molecule has 3 aromatic carbocycles. The second-order valence-corrected chi connectivity index (χ2v) is 13.1. The Balaban J connectivity index is 2.09. The van der Waals surface area contributed by atoms with Crippen LogP contribution >= 0.6 is 0 Å². The first-order valence-corrected chi connectivity index (χ1v) is 15.1. The van der Waals surface area contributed by atoms with Gasteiger partial charge in [-0.25, -0.2) is 8.42 Å². The summed E-state index contributed by atoms with van der Waals surface area (Å²) in [5.74, 6) is -0.125. The van der Waals surface area contributed by atoms with Crippen LogP contribution in [0.2, 0.25) is 0 Å². The van der Waals surface area contributed by atoms with Gasteiger partial charge in [0.2, 0.25) is 11.8 Å². The number of hydrogen-bond acceptors (Lipinski definition) is 5. The minimum Gasteiger partial charge on any atom is -0.497 e. The number of carbonyl (C=O) groups is 2. The molecule has 0 saturated carbocycles. The fourth-order valence-corrected chi connectivity index (χ4v) is 6.06. The van der Waals surface area contributed by atoms with Crippen LogP contribution in [0, 0.1) is 13.8 Å². The molecule has 1 N–H and O–H groups in total. The van der Waals surface area contributed by atoms with Gasteiger partial charge in [-0.2, -0.15) is 0 Å². The van der Waals surface area contributed by atoms with Crippen molar-refractivity contribution in [3.05, 3.63) is 89.5 Å². The Morgan fingerprint density at radius 2 is 1.51 bits per heavy atom. The summed E-state index contributed by atoms with van der Waals surface area (Å²) in [6, 6.07) is 19.9. The zero-order valence-electron chi connectivity index (χ0n) is 25.0. The standard InChI is InChI=1S/C32H41N3O5S/c1-8-29(31(37)33-32(4,5)6)34(21-25-14-16-27(40-7)17-15-25)30(36)22-35(26-19-23(2)18-24(3)20-26)41(38,39)28-12-10-9-11-13-28/h9-20,29H,8,21-22H2,1-7H3,(H,33,37)/t29-/m0/s1. The molecular formula is C32H41N3O5S. The van der Waals surface area contributed by atoms with Crippen molar-refractivity contribution in [2.45, 2.75) is 71.0 Å². The number of anilines is 1. The predicted octanol–water partition coefficient (Wildman–Crippen LogP) is 5.23. The van der Waals surface area contributed by atoms with E-state index in [1.807, 2.05) is 59.7 Å². The summed E-state index contributed by atoms with van der Waals surface area (Å²) in [6.07, 6.45) is 0.346. The van der Waals surface area contributed by atoms with E-state index in [9.17, 15) is 18.0 Å². The molecule has 0 aliphatic carbocycles. The Morgan fingerprint density at radius 1 is 0.927 bits per heavy atom. The van der Waals surface area contributed by atoms with Crippen molar-refractivity contribution in [1.82, 2.24) is 10.2 Å². The van der Waals surface area contributed by atoms with Crippen LogP contribution < -0.4 is 14.4 Å². The van der Waals surface area contributed by atoms with E-state index in [0.29, 0.717) is 17.9 Å². The molecule has 0 bridgehead atoms. The van der Waals surface area contributed by atoms with Crippen molar-refractivity contribution >= 4 is 27.5 Å². The number of amides is 2. The number of nitrogens with zero attached hydrogens (tertiary/aromatic N) is 2. The van der Waals surface area contributed by atoms with Crippen LogP contribution in [0.15, 0.2) is 77.7 Å². The lowest BCUT2D eigenvalue weighted by molar-refractivity contribution is -0.141. The smallest absolute Gasteiger partial charge is 0.264 e. The van der Waals surface area contributed by atoms with Crippen molar-refractivity contribution in [1.29, 1.82) is 0 Å². The van der Waals surface area contributed by atoms with Crippen LogP contribution in [0.5, 0.6) is 5.75 Å². The van der Waals surface area contributed by atoms with Crippen LogP contribution in [-0.2, 0) is 26.2 Å². The molecule has 0 unspecified atom stereocenters. The van der Waals surface area contributed by atoms with Crippen molar-refractivity contribution in [3.63, 3.8) is 0 Å². The van der Waals surface area contributed by atoms with Gasteiger partial charge < -0.3 is 15.0 Å². The molecule has 220 valence electrons. The third kappa shape index (κ3) is 8.33. The highest BCUT2D eigenvalue weighted by Gasteiger charge is 2.34. The molecule has 0 aliphatic heterocycles. The Labute approximate surface area is 244 Å². The summed E-state index contributed by atoms with van der Waals surface area (Å²) >= 11 is 0. The quantitative estimate of drug-likeness (QED) is 0.336. The van der Waals surface area contributed by atoms with Gasteiger partial charge in [-0.05, 0) is 94.1 Å². The maximum Gasteiger partial charge on any atom is 0.264 e. The Hall–Kier alpha value is -3.85. The fourth-order valence-electron chi connectivity index (χ4n) is 4.64. The molecule has 0 aromatic heterocycles. The third-order valence-corrected chi connectivity index (χ3v) is 8.29. The Bertz CT molecular complexity index is 1430. The highest BCUT2D eigenvalue weighted by Crippen LogP contribution is 2.27. The summed E-state index contributed by atoms with van der Waals surface area (Å²) < 4.78 is 34.3. The van der Waals surface area contributed by atoms with E-state index >= 15 is 0 Å². The summed E-state index contributed by atoms with van der Waals surface area (Å²) in [4.78, 5) is 29.2. The van der Waals surface area contributed by atoms with Gasteiger partial charge in [0.15, 0.2) is 0 Å². The van der Waals surface area contributed by atoms with Gasteiger partial charge in [-0.3, -0.25) is 13.9 Å². The summed E-state index contributed by atoms with van der Waals surface area (Å²) in [6.45, 7) is 10.9. The molecule has 3 aromatic rings. The lowest BCUT2D eigenvalue weighted by atomic mass is 10.1.